The van der Waals surface area contributed by atoms with Crippen molar-refractivity contribution in [2.75, 3.05) is 23.8 Å². The third-order valence-corrected chi connectivity index (χ3v) is 7.64. The fourth-order valence-corrected chi connectivity index (χ4v) is 5.91. The highest BCUT2D eigenvalue weighted by atomic mass is 35.5. The van der Waals surface area contributed by atoms with Crippen LogP contribution in [0.3, 0.4) is 0 Å². The van der Waals surface area contributed by atoms with Crippen molar-refractivity contribution in [1.82, 2.24) is 14.9 Å². The first kappa shape index (κ1) is 22.6. The van der Waals surface area contributed by atoms with E-state index in [2.05, 4.69) is 45.4 Å². The number of nitrogens with one attached hydrogen (secondary N) is 1. The lowest BCUT2D eigenvalue weighted by atomic mass is 9.87. The molecule has 1 N–H and O–H groups in total. The van der Waals surface area contributed by atoms with E-state index in [1.807, 2.05) is 0 Å². The van der Waals surface area contributed by atoms with Crippen LogP contribution in [0.4, 0.5) is 17.3 Å². The Labute approximate surface area is 214 Å². The molecule has 1 spiro atoms. The van der Waals surface area contributed by atoms with Crippen molar-refractivity contribution in [2.45, 2.75) is 44.4 Å². The number of benzene rings is 2. The number of anilines is 3. The predicted octanol–water partition coefficient (Wildman–Crippen LogP) is 5.78. The molecule has 1 amide bonds. The molecule has 180 valence electrons. The van der Waals surface area contributed by atoms with Crippen LogP contribution in [0.5, 0.6) is 5.88 Å². The molecule has 0 unspecified atom stereocenters. The van der Waals surface area contributed by atoms with Crippen molar-refractivity contribution in [3.63, 3.8) is 0 Å². The number of amides is 1. The van der Waals surface area contributed by atoms with Crippen LogP contribution in [0.2, 0.25) is 10.0 Å². The molecule has 0 bridgehead atoms. The number of ether oxygens (including phenoxy) is 1. The minimum absolute atomic E-state index is 0.214. The van der Waals surface area contributed by atoms with Crippen molar-refractivity contribution >= 4 is 46.4 Å². The highest BCUT2D eigenvalue weighted by molar-refractivity contribution is 6.40. The molecule has 1 saturated carbocycles. The molecule has 6 rings (SSSR count). The van der Waals surface area contributed by atoms with Gasteiger partial charge in [-0.3, -0.25) is 9.69 Å². The maximum absolute atomic E-state index is 13.5. The van der Waals surface area contributed by atoms with Crippen molar-refractivity contribution in [3.8, 4) is 5.88 Å². The van der Waals surface area contributed by atoms with E-state index in [0.717, 1.165) is 18.8 Å². The number of hydrogen-bond donors (Lipinski definition) is 1. The maximum atomic E-state index is 13.5. The van der Waals surface area contributed by atoms with E-state index < -0.39 is 5.72 Å². The quantitative estimate of drug-likeness (QED) is 0.482. The van der Waals surface area contributed by atoms with Crippen molar-refractivity contribution in [2.24, 2.45) is 0 Å². The average molecular weight is 510 g/mol. The molecule has 1 fully saturated rings. The van der Waals surface area contributed by atoms with E-state index in [4.69, 9.17) is 27.9 Å². The Morgan fingerprint density at radius 2 is 1.86 bits per heavy atom. The molecule has 35 heavy (non-hydrogen) atoms. The van der Waals surface area contributed by atoms with Gasteiger partial charge in [0.2, 0.25) is 11.8 Å². The first-order valence-corrected chi connectivity index (χ1v) is 12.4. The maximum Gasteiger partial charge on any atom is 0.268 e. The van der Waals surface area contributed by atoms with Crippen LogP contribution in [0.25, 0.3) is 0 Å². The zero-order valence-corrected chi connectivity index (χ0v) is 21.2. The Hall–Kier alpha value is -2.87. The average Bonchev–Trinajstić information content (AvgIpc) is 3.54. The molecule has 2 aliphatic heterocycles. The third kappa shape index (κ3) is 3.73. The number of carbonyl (C=O) groups excluding carboxylic acids is 1. The highest BCUT2D eigenvalue weighted by Gasteiger charge is 2.48. The third-order valence-electron chi connectivity index (χ3n) is 7.03. The Kier molecular flexibility index (Phi) is 5.04. The van der Waals surface area contributed by atoms with Gasteiger partial charge in [-0.25, -0.2) is 4.98 Å². The summed E-state index contributed by atoms with van der Waals surface area (Å²) in [6, 6.07) is 11.6. The smallest absolute Gasteiger partial charge is 0.268 e. The molecule has 1 aromatic heterocycles. The van der Waals surface area contributed by atoms with Crippen LogP contribution in [0.15, 0.2) is 42.6 Å². The minimum atomic E-state index is -1.07. The van der Waals surface area contributed by atoms with E-state index in [0.29, 0.717) is 27.1 Å². The van der Waals surface area contributed by atoms with E-state index in [1.54, 1.807) is 32.0 Å². The predicted molar refractivity (Wildman–Crippen MR) is 137 cm³/mol. The van der Waals surface area contributed by atoms with Crippen LogP contribution in [0.1, 0.15) is 48.2 Å². The molecule has 2 aromatic carbocycles. The molecule has 0 saturated heterocycles. The molecule has 7 nitrogen and oxygen atoms in total. The van der Waals surface area contributed by atoms with Gasteiger partial charge < -0.3 is 15.0 Å². The number of hydrogen-bond acceptors (Lipinski definition) is 6. The molecular weight excluding hydrogens is 485 g/mol. The van der Waals surface area contributed by atoms with Gasteiger partial charge in [0.1, 0.15) is 5.56 Å². The van der Waals surface area contributed by atoms with Gasteiger partial charge in [0.25, 0.3) is 5.91 Å². The summed E-state index contributed by atoms with van der Waals surface area (Å²) in [6.07, 6.45) is 3.98. The highest BCUT2D eigenvalue weighted by Crippen LogP contribution is 2.52. The zero-order valence-electron chi connectivity index (χ0n) is 19.7. The van der Waals surface area contributed by atoms with Gasteiger partial charge in [0, 0.05) is 30.4 Å². The fourth-order valence-electron chi connectivity index (χ4n) is 5.35. The number of fused-ring (bicyclic) bond motifs is 3. The Morgan fingerprint density at radius 3 is 2.57 bits per heavy atom. The van der Waals surface area contributed by atoms with Gasteiger partial charge >= 0.3 is 0 Å². The van der Waals surface area contributed by atoms with Crippen molar-refractivity contribution in [3.05, 3.63) is 69.3 Å². The normalized spacial score (nSPS) is 19.7. The monoisotopic (exact) mass is 509 g/mol. The first-order valence-electron chi connectivity index (χ1n) is 11.6. The SMILES string of the molecule is CN1Cc2cc(Nc3ncc4c(n3)OC(C)(C)N(c3c(Cl)cccc3Cl)C4=O)ccc2C2(CC2)C1. The second-order valence-electron chi connectivity index (χ2n) is 10.1. The summed E-state index contributed by atoms with van der Waals surface area (Å²) in [4.78, 5) is 26.2. The summed E-state index contributed by atoms with van der Waals surface area (Å²) in [5.74, 6) is 0.248. The molecule has 0 atom stereocenters. The summed E-state index contributed by atoms with van der Waals surface area (Å²) < 4.78 is 6.18. The van der Waals surface area contributed by atoms with Crippen LogP contribution in [0, 0.1) is 0 Å². The van der Waals surface area contributed by atoms with E-state index in [9.17, 15) is 4.79 Å². The summed E-state index contributed by atoms with van der Waals surface area (Å²) in [6.45, 7) is 5.59. The summed E-state index contributed by atoms with van der Waals surface area (Å²) in [7, 11) is 2.17. The Balaban J connectivity index is 1.31. The number of nitrogens with zero attached hydrogens (tertiary/aromatic N) is 4. The van der Waals surface area contributed by atoms with Crippen LogP contribution < -0.4 is 15.0 Å². The standard InChI is InChI=1S/C26H25Cl2N5O2/c1-25(2)33(21-19(27)5-4-6-20(21)28)23(34)17-12-29-24(31-22(17)35-25)30-16-7-8-18-15(11-16)13-32(3)14-26(18)9-10-26/h4-8,11-12H,9-10,13-14H2,1-3H3,(H,29,30,31). The van der Waals surface area contributed by atoms with Gasteiger partial charge in [-0.1, -0.05) is 35.3 Å². The van der Waals surface area contributed by atoms with Crippen molar-refractivity contribution in [1.29, 1.82) is 0 Å². The molecule has 3 heterocycles. The lowest BCUT2D eigenvalue weighted by Crippen LogP contribution is -2.55. The molecular formula is C26H25Cl2N5O2. The molecule has 3 aromatic rings. The lowest BCUT2D eigenvalue weighted by Gasteiger charge is -2.42. The van der Waals surface area contributed by atoms with Gasteiger partial charge in [0.05, 0.1) is 15.7 Å². The number of aromatic nitrogens is 2. The van der Waals surface area contributed by atoms with E-state index in [1.165, 1.54) is 35.1 Å². The summed E-state index contributed by atoms with van der Waals surface area (Å²) in [5.41, 5.74) is 3.60. The molecule has 1 aliphatic carbocycles. The van der Waals surface area contributed by atoms with E-state index in [-0.39, 0.29) is 17.4 Å². The Morgan fingerprint density at radius 1 is 1.11 bits per heavy atom. The largest absolute Gasteiger partial charge is 0.450 e. The number of para-hydroxylation sites is 1. The Bertz CT molecular complexity index is 1350. The van der Waals surface area contributed by atoms with Gasteiger partial charge in [-0.15, -0.1) is 0 Å². The summed E-state index contributed by atoms with van der Waals surface area (Å²) >= 11 is 12.8. The molecule has 9 heteroatoms. The zero-order chi connectivity index (χ0) is 24.5. The van der Waals surface area contributed by atoms with E-state index >= 15 is 0 Å². The second-order valence-corrected chi connectivity index (χ2v) is 10.9. The first-order chi connectivity index (χ1) is 16.7. The van der Waals surface area contributed by atoms with Crippen LogP contribution in [-0.2, 0) is 12.0 Å². The van der Waals surface area contributed by atoms with Gasteiger partial charge in [-0.05, 0) is 69.1 Å². The second kappa shape index (κ2) is 7.82. The van der Waals surface area contributed by atoms with Gasteiger partial charge in [0.15, 0.2) is 5.72 Å². The van der Waals surface area contributed by atoms with Crippen molar-refractivity contribution < 1.29 is 9.53 Å². The number of rotatable bonds is 3. The molecule has 3 aliphatic rings. The summed E-state index contributed by atoms with van der Waals surface area (Å²) in [5, 5.41) is 4.00. The van der Waals surface area contributed by atoms with Crippen LogP contribution in [-0.4, -0.2) is 40.1 Å². The van der Waals surface area contributed by atoms with Gasteiger partial charge in [-0.2, -0.15) is 4.98 Å². The fraction of sp³-hybridized carbons (Fsp3) is 0.346. The van der Waals surface area contributed by atoms with Crippen LogP contribution >= 0.6 is 23.2 Å². The topological polar surface area (TPSA) is 70.6 Å². The number of carbonyl (C=O) groups is 1. The number of halogens is 2. The number of likely N-dealkylation sites (N-methyl/N-ethyl adjacent to an activating group) is 1. The minimum Gasteiger partial charge on any atom is -0.450 e. The lowest BCUT2D eigenvalue weighted by molar-refractivity contribution is 0.0606. The molecule has 0 radical (unpaired) electrons.